The Kier molecular flexibility index (Phi) is 11.4. The molecule has 0 radical (unpaired) electrons. The van der Waals surface area contributed by atoms with E-state index in [-0.39, 0.29) is 24.2 Å². The standard InChI is InChI=1S/C39H51N9O4/c1-26-25-50-20-19-47(26)38-45-44-36-17-14-29(24-48(36)38)52-33-16-15-32(30-12-7-8-13-31(30)33)42-37(49)43-35(23-34(40)39(2,3)4)41-27-10-9-11-28(22-27)51-21-18-46(5)6/h7-14,17,22-24,26,32-33,40-41H,15-16,18-21,25H2,1-6H3,(H2,42,43,49)/p+1. The molecule has 2 amide bonds. The van der Waals surface area contributed by atoms with Gasteiger partial charge >= 0.3 is 6.03 Å². The summed E-state index contributed by atoms with van der Waals surface area (Å²) in [5.41, 5.74) is 3.67. The fraction of sp³-hybridized carbons (Fsp3) is 0.436. The number of aromatic nitrogens is 3. The van der Waals surface area contributed by atoms with E-state index in [1.165, 1.54) is 0 Å². The Bertz CT molecular complexity index is 1900. The van der Waals surface area contributed by atoms with Gasteiger partial charge in [-0.3, -0.25) is 15.0 Å². The maximum absolute atomic E-state index is 13.6. The minimum atomic E-state index is -0.396. The van der Waals surface area contributed by atoms with E-state index >= 15 is 0 Å². The zero-order chi connectivity index (χ0) is 36.8. The Morgan fingerprint density at radius 3 is 2.65 bits per heavy atom. The highest BCUT2D eigenvalue weighted by atomic mass is 16.5. The van der Waals surface area contributed by atoms with Crippen molar-refractivity contribution in [1.29, 1.82) is 5.41 Å². The summed E-state index contributed by atoms with van der Waals surface area (Å²) in [4.78, 5) is 17.9. The Balaban J connectivity index is 1.15. The number of ether oxygens (including phenoxy) is 3. The Hall–Kier alpha value is -4.98. The van der Waals surface area contributed by atoms with E-state index in [1.54, 1.807) is 6.08 Å². The van der Waals surface area contributed by atoms with Crippen LogP contribution in [-0.4, -0.2) is 84.3 Å². The number of allylic oxidation sites excluding steroid dienone is 1. The first-order chi connectivity index (χ1) is 24.9. The van der Waals surface area contributed by atoms with Crippen molar-refractivity contribution in [2.24, 2.45) is 5.41 Å². The zero-order valence-corrected chi connectivity index (χ0v) is 31.1. The molecule has 0 bridgehead atoms. The molecule has 3 unspecified atom stereocenters. The SMILES string of the molecule is CC1COCCN1c1nnc2ccc(OC3CCC(NC(=O)NC(=CC(=N)C(C)(C)C)[NH2+]c4cccc(OCCN(C)C)c4)c4ccccc43)cn12. The lowest BCUT2D eigenvalue weighted by Crippen LogP contribution is -2.79. The third-order valence-corrected chi connectivity index (χ3v) is 9.35. The van der Waals surface area contributed by atoms with Crippen molar-refractivity contribution in [3.8, 4) is 11.5 Å². The topological polar surface area (TPSA) is 146 Å². The lowest BCUT2D eigenvalue weighted by Gasteiger charge is -2.33. The number of hydrogen-bond acceptors (Lipinski definition) is 9. The molecule has 1 fully saturated rings. The molecule has 6 rings (SSSR count). The lowest BCUT2D eigenvalue weighted by atomic mass is 9.85. The number of nitrogens with two attached hydrogens (primary N) is 1. The van der Waals surface area contributed by atoms with E-state index in [2.05, 4.69) is 49.7 Å². The van der Waals surface area contributed by atoms with Crippen molar-refractivity contribution in [3.05, 3.63) is 89.9 Å². The molecule has 0 saturated carbocycles. The van der Waals surface area contributed by atoms with Gasteiger partial charge in [-0.05, 0) is 69.3 Å². The molecule has 3 atom stereocenters. The third kappa shape index (κ3) is 9.08. The van der Waals surface area contributed by atoms with Gasteiger partial charge < -0.3 is 34.7 Å². The molecular formula is C39H52N9O4+. The minimum Gasteiger partial charge on any atom is -0.492 e. The number of anilines is 1. The number of hydrogen-bond donors (Lipinski definition) is 4. The number of urea groups is 1. The van der Waals surface area contributed by atoms with Crippen LogP contribution in [0, 0.1) is 10.8 Å². The Morgan fingerprint density at radius 2 is 1.88 bits per heavy atom. The van der Waals surface area contributed by atoms with Crippen LogP contribution in [0.25, 0.3) is 5.65 Å². The number of morpholine rings is 1. The molecule has 52 heavy (non-hydrogen) atoms. The van der Waals surface area contributed by atoms with Crippen molar-refractivity contribution in [3.63, 3.8) is 0 Å². The van der Waals surface area contributed by atoms with Crippen molar-refractivity contribution in [1.82, 2.24) is 30.1 Å². The number of benzene rings is 2. The minimum absolute atomic E-state index is 0.191. The number of rotatable bonds is 12. The van der Waals surface area contributed by atoms with Gasteiger partial charge in [0, 0.05) is 36.4 Å². The normalized spacial score (nSPS) is 19.3. The number of quaternary nitrogens is 1. The van der Waals surface area contributed by atoms with Gasteiger partial charge in [0.05, 0.1) is 31.5 Å². The molecule has 13 nitrogen and oxygen atoms in total. The van der Waals surface area contributed by atoms with Crippen molar-refractivity contribution >= 4 is 29.0 Å². The highest BCUT2D eigenvalue weighted by Crippen LogP contribution is 2.39. The number of likely N-dealkylation sites (N-methyl/N-ethyl adjacent to an activating group) is 1. The second-order valence-electron chi connectivity index (χ2n) is 14.8. The summed E-state index contributed by atoms with van der Waals surface area (Å²) in [5, 5.41) is 25.7. The molecule has 1 aliphatic heterocycles. The van der Waals surface area contributed by atoms with Crippen LogP contribution in [0.3, 0.4) is 0 Å². The number of carbonyl (C=O) groups is 1. The van der Waals surface area contributed by atoms with Gasteiger partial charge in [-0.15, -0.1) is 10.2 Å². The van der Waals surface area contributed by atoms with E-state index in [9.17, 15) is 4.79 Å². The van der Waals surface area contributed by atoms with Crippen LogP contribution in [0.4, 0.5) is 16.4 Å². The van der Waals surface area contributed by atoms with Crippen LogP contribution >= 0.6 is 0 Å². The molecule has 1 saturated heterocycles. The molecule has 0 spiro atoms. The van der Waals surface area contributed by atoms with Crippen molar-refractivity contribution < 1.29 is 24.3 Å². The number of carbonyl (C=O) groups excluding carboxylic acids is 1. The van der Waals surface area contributed by atoms with E-state index in [1.807, 2.05) is 99.3 Å². The first-order valence-corrected chi connectivity index (χ1v) is 18.0. The molecule has 276 valence electrons. The molecule has 2 aromatic carbocycles. The summed E-state index contributed by atoms with van der Waals surface area (Å²) in [5.74, 6) is 2.76. The number of fused-ring (bicyclic) bond motifs is 2. The maximum Gasteiger partial charge on any atom is 0.323 e. The van der Waals surface area contributed by atoms with Crippen LogP contribution in [0.1, 0.15) is 63.8 Å². The first-order valence-electron chi connectivity index (χ1n) is 18.0. The predicted octanol–water partition coefficient (Wildman–Crippen LogP) is 4.95. The monoisotopic (exact) mass is 710 g/mol. The zero-order valence-electron chi connectivity index (χ0n) is 31.1. The van der Waals surface area contributed by atoms with Gasteiger partial charge in [-0.25, -0.2) is 4.79 Å². The molecule has 5 N–H and O–H groups in total. The van der Waals surface area contributed by atoms with Gasteiger partial charge in [0.2, 0.25) is 11.8 Å². The highest BCUT2D eigenvalue weighted by Gasteiger charge is 2.30. The Labute approximate surface area is 305 Å². The van der Waals surface area contributed by atoms with Crippen LogP contribution in [0.5, 0.6) is 11.5 Å². The fourth-order valence-corrected chi connectivity index (χ4v) is 6.37. The summed E-state index contributed by atoms with van der Waals surface area (Å²) in [7, 11) is 4.01. The average molecular weight is 711 g/mol. The fourth-order valence-electron chi connectivity index (χ4n) is 6.37. The second-order valence-corrected chi connectivity index (χ2v) is 14.8. The summed E-state index contributed by atoms with van der Waals surface area (Å²) >= 11 is 0. The third-order valence-electron chi connectivity index (χ3n) is 9.35. The van der Waals surface area contributed by atoms with E-state index in [4.69, 9.17) is 19.6 Å². The second kappa shape index (κ2) is 16.1. The number of nitrogens with one attached hydrogen (secondary N) is 3. The van der Waals surface area contributed by atoms with Gasteiger partial charge in [-0.2, -0.15) is 0 Å². The quantitative estimate of drug-likeness (QED) is 0.119. The van der Waals surface area contributed by atoms with E-state index in [0.29, 0.717) is 44.2 Å². The lowest BCUT2D eigenvalue weighted by molar-refractivity contribution is -0.522. The van der Waals surface area contributed by atoms with Gasteiger partial charge in [0.1, 0.15) is 29.9 Å². The molecule has 3 heterocycles. The predicted molar refractivity (Wildman–Crippen MR) is 201 cm³/mol. The number of amides is 2. The molecule has 2 aliphatic rings. The molecule has 13 heteroatoms. The van der Waals surface area contributed by atoms with Crippen LogP contribution in [0.2, 0.25) is 0 Å². The van der Waals surface area contributed by atoms with E-state index < -0.39 is 5.41 Å². The van der Waals surface area contributed by atoms with Gasteiger partial charge in [0.25, 0.3) is 0 Å². The van der Waals surface area contributed by atoms with Crippen LogP contribution < -0.4 is 30.3 Å². The largest absolute Gasteiger partial charge is 0.492 e. The molecule has 1 aliphatic carbocycles. The summed E-state index contributed by atoms with van der Waals surface area (Å²) in [6, 6.07) is 19.3. The summed E-state index contributed by atoms with van der Waals surface area (Å²) in [6.45, 7) is 11.5. The molecule has 4 aromatic rings. The van der Waals surface area contributed by atoms with Gasteiger partial charge in [0.15, 0.2) is 5.65 Å². The van der Waals surface area contributed by atoms with Crippen LogP contribution in [0.15, 0.2) is 78.8 Å². The summed E-state index contributed by atoms with van der Waals surface area (Å²) < 4.78 is 20.2. The van der Waals surface area contributed by atoms with Gasteiger partial charge in [-0.1, -0.05) is 51.1 Å². The number of pyridine rings is 1. The number of nitrogens with zero attached hydrogens (tertiary/aromatic N) is 5. The average Bonchev–Trinajstić information content (AvgIpc) is 3.52. The maximum atomic E-state index is 13.6. The smallest absolute Gasteiger partial charge is 0.323 e. The van der Waals surface area contributed by atoms with Crippen LogP contribution in [-0.2, 0) is 4.74 Å². The van der Waals surface area contributed by atoms with Crippen molar-refractivity contribution in [2.45, 2.75) is 58.7 Å². The first kappa shape index (κ1) is 36.8. The van der Waals surface area contributed by atoms with Crippen molar-refractivity contribution in [2.75, 3.05) is 51.9 Å². The highest BCUT2D eigenvalue weighted by molar-refractivity contribution is 5.97. The molecule has 2 aromatic heterocycles. The summed E-state index contributed by atoms with van der Waals surface area (Å²) in [6.07, 6.45) is 4.88. The van der Waals surface area contributed by atoms with E-state index in [0.717, 1.165) is 53.0 Å². The Morgan fingerprint density at radius 1 is 1.08 bits per heavy atom. The molecular weight excluding hydrogens is 658 g/mol.